The first-order valence-electron chi connectivity index (χ1n) is 9.16. The molecule has 0 atom stereocenters. The summed E-state index contributed by atoms with van der Waals surface area (Å²) in [4.78, 5) is 28.0. The molecule has 0 aliphatic heterocycles. The highest BCUT2D eigenvalue weighted by molar-refractivity contribution is 7.90. The van der Waals surface area contributed by atoms with Crippen molar-refractivity contribution >= 4 is 32.3 Å². The maximum atomic E-state index is 12.5. The van der Waals surface area contributed by atoms with Gasteiger partial charge in [-0.2, -0.15) is 9.97 Å². The molecule has 0 aliphatic carbocycles. The van der Waals surface area contributed by atoms with Crippen LogP contribution in [0.2, 0.25) is 0 Å². The molecular weight excluding hydrogens is 392 g/mol. The van der Waals surface area contributed by atoms with E-state index in [2.05, 4.69) is 25.3 Å². The summed E-state index contributed by atoms with van der Waals surface area (Å²) < 4.78 is 25.9. The molecule has 0 saturated carbocycles. The number of fused-ring (bicyclic) bond motifs is 3. The van der Waals surface area contributed by atoms with E-state index in [9.17, 15) is 13.2 Å². The molecule has 0 radical (unpaired) electrons. The van der Waals surface area contributed by atoms with Crippen molar-refractivity contribution in [1.29, 1.82) is 0 Å². The molecule has 0 bridgehead atoms. The van der Waals surface area contributed by atoms with Gasteiger partial charge in [0.25, 0.3) is 10.7 Å². The number of anilines is 1. The van der Waals surface area contributed by atoms with Gasteiger partial charge in [-0.15, -0.1) is 0 Å². The zero-order valence-corrected chi connectivity index (χ0v) is 16.8. The topological polar surface area (TPSA) is 122 Å². The smallest absolute Gasteiger partial charge is 0.274 e. The Hall–Kier alpha value is -3.27. The van der Waals surface area contributed by atoms with Crippen LogP contribution < -0.4 is 10.9 Å². The van der Waals surface area contributed by atoms with Gasteiger partial charge >= 0.3 is 0 Å². The van der Waals surface area contributed by atoms with Crippen molar-refractivity contribution in [3.8, 4) is 0 Å². The average Bonchev–Trinajstić information content (AvgIpc) is 3.13. The Bertz CT molecular complexity index is 1360. The predicted molar refractivity (Wildman–Crippen MR) is 110 cm³/mol. The van der Waals surface area contributed by atoms with Crippen LogP contribution in [0.4, 0.5) is 5.82 Å². The number of nitrogens with zero attached hydrogens (tertiary/aromatic N) is 4. The molecule has 0 unspecified atom stereocenters. The van der Waals surface area contributed by atoms with E-state index in [1.165, 1.54) is 6.20 Å². The van der Waals surface area contributed by atoms with E-state index in [0.29, 0.717) is 41.9 Å². The van der Waals surface area contributed by atoms with Gasteiger partial charge in [0.05, 0.1) is 6.20 Å². The van der Waals surface area contributed by atoms with Crippen LogP contribution in [0, 0.1) is 0 Å². The molecule has 0 saturated heterocycles. The van der Waals surface area contributed by atoms with Crippen molar-refractivity contribution in [3.05, 3.63) is 58.3 Å². The Morgan fingerprint density at radius 1 is 1.17 bits per heavy atom. The molecule has 4 aromatic rings. The third kappa shape index (κ3) is 3.58. The van der Waals surface area contributed by atoms with Crippen molar-refractivity contribution in [3.63, 3.8) is 0 Å². The van der Waals surface area contributed by atoms with E-state index in [-0.39, 0.29) is 16.5 Å². The summed E-state index contributed by atoms with van der Waals surface area (Å²) in [6.07, 6.45) is 3.78. The van der Waals surface area contributed by atoms with Crippen molar-refractivity contribution < 1.29 is 8.42 Å². The number of sulfone groups is 1. The van der Waals surface area contributed by atoms with E-state index < -0.39 is 9.84 Å². The van der Waals surface area contributed by atoms with Gasteiger partial charge in [0.15, 0.2) is 11.5 Å². The molecule has 3 heterocycles. The number of rotatable bonds is 6. The number of aromatic nitrogens is 5. The number of aromatic amines is 1. The van der Waals surface area contributed by atoms with Crippen LogP contribution in [-0.2, 0) is 22.7 Å². The van der Waals surface area contributed by atoms with Gasteiger partial charge < -0.3 is 10.3 Å². The first-order valence-corrected chi connectivity index (χ1v) is 11.1. The van der Waals surface area contributed by atoms with Crippen LogP contribution in [0.1, 0.15) is 18.3 Å². The molecule has 0 spiro atoms. The van der Waals surface area contributed by atoms with E-state index in [1.54, 1.807) is 4.40 Å². The number of benzene rings is 1. The molecular formula is C19H20N6O3S. The molecule has 0 fully saturated rings. The number of imidazole rings is 1. The fourth-order valence-electron chi connectivity index (χ4n) is 3.18. The van der Waals surface area contributed by atoms with Crippen molar-refractivity contribution in [2.75, 3.05) is 18.1 Å². The maximum Gasteiger partial charge on any atom is 0.274 e. The Balaban J connectivity index is 1.87. The fourth-order valence-corrected chi connectivity index (χ4v) is 3.69. The second-order valence-corrected chi connectivity index (χ2v) is 8.60. The van der Waals surface area contributed by atoms with Crippen LogP contribution >= 0.6 is 0 Å². The number of hydrogen-bond acceptors (Lipinski definition) is 7. The highest BCUT2D eigenvalue weighted by atomic mass is 32.2. The van der Waals surface area contributed by atoms with Crippen molar-refractivity contribution in [1.82, 2.24) is 24.3 Å². The fraction of sp³-hybridized carbons (Fsp3) is 0.263. The zero-order chi connectivity index (χ0) is 20.6. The summed E-state index contributed by atoms with van der Waals surface area (Å²) >= 11 is 0. The lowest BCUT2D eigenvalue weighted by Crippen LogP contribution is -2.17. The molecule has 3 aromatic heterocycles. The third-order valence-electron chi connectivity index (χ3n) is 4.58. The van der Waals surface area contributed by atoms with Gasteiger partial charge in [0.1, 0.15) is 16.9 Å². The maximum absolute atomic E-state index is 12.5. The first-order chi connectivity index (χ1) is 13.9. The quantitative estimate of drug-likeness (QED) is 0.461. The minimum Gasteiger partial charge on any atom is -0.368 e. The zero-order valence-electron chi connectivity index (χ0n) is 16.0. The molecule has 4 rings (SSSR count). The number of nitrogens with one attached hydrogen (secondary N) is 2. The van der Waals surface area contributed by atoms with Crippen LogP contribution in [0.25, 0.3) is 16.7 Å². The average molecular weight is 412 g/mol. The van der Waals surface area contributed by atoms with Gasteiger partial charge in [-0.25, -0.2) is 13.4 Å². The minimum absolute atomic E-state index is 0.265. The van der Waals surface area contributed by atoms with Crippen LogP contribution in [0.15, 0.2) is 46.5 Å². The molecule has 1 aromatic carbocycles. The molecule has 0 amide bonds. The lowest BCUT2D eigenvalue weighted by atomic mass is 10.1. The van der Waals surface area contributed by atoms with E-state index in [1.807, 2.05) is 37.3 Å². The highest BCUT2D eigenvalue weighted by Crippen LogP contribution is 2.21. The Morgan fingerprint density at radius 3 is 2.62 bits per heavy atom. The van der Waals surface area contributed by atoms with E-state index >= 15 is 0 Å². The summed E-state index contributed by atoms with van der Waals surface area (Å²) in [6.45, 7) is 2.41. The molecule has 150 valence electrons. The minimum atomic E-state index is -3.66. The van der Waals surface area contributed by atoms with Crippen LogP contribution in [0.5, 0.6) is 0 Å². The Kier molecular flexibility index (Phi) is 4.79. The Labute approximate surface area is 166 Å². The van der Waals surface area contributed by atoms with Gasteiger partial charge in [-0.1, -0.05) is 37.3 Å². The summed E-state index contributed by atoms with van der Waals surface area (Å²) in [5, 5.41) is 2.84. The standard InChI is InChI=1S/C19H20N6O3S/c1-3-14-21-11-13-18(26)22-15-16(20-10-9-12-7-5-4-6-8-12)23-19(29(2,27)28)24-17(15)25(13)14/h4-8,11H,3,9-10H2,1-2H3,(H,22,26)(H,20,23,24). The summed E-state index contributed by atoms with van der Waals surface area (Å²) in [5.41, 5.74) is 1.73. The highest BCUT2D eigenvalue weighted by Gasteiger charge is 2.20. The van der Waals surface area contributed by atoms with Crippen molar-refractivity contribution in [2.45, 2.75) is 24.9 Å². The molecule has 29 heavy (non-hydrogen) atoms. The normalized spacial score (nSPS) is 11.9. The van der Waals surface area contributed by atoms with Gasteiger partial charge in [0, 0.05) is 19.2 Å². The largest absolute Gasteiger partial charge is 0.368 e. The van der Waals surface area contributed by atoms with Crippen molar-refractivity contribution in [2.24, 2.45) is 0 Å². The monoisotopic (exact) mass is 412 g/mol. The lowest BCUT2D eigenvalue weighted by molar-refractivity contribution is 0.593. The molecule has 9 nitrogen and oxygen atoms in total. The SMILES string of the molecule is CCc1ncc2c(=O)[nH]c3c(NCCc4ccccc4)nc(S(C)(=O)=O)nc3n12. The molecule has 2 N–H and O–H groups in total. The third-order valence-corrected chi connectivity index (χ3v) is 5.43. The second kappa shape index (κ2) is 7.28. The number of aryl methyl sites for hydroxylation is 1. The van der Waals surface area contributed by atoms with Gasteiger partial charge in [-0.05, 0) is 12.0 Å². The van der Waals surface area contributed by atoms with Gasteiger partial charge in [-0.3, -0.25) is 9.20 Å². The summed E-state index contributed by atoms with van der Waals surface area (Å²) in [6, 6.07) is 9.87. The van der Waals surface area contributed by atoms with Crippen LogP contribution in [-0.4, -0.2) is 45.6 Å². The van der Waals surface area contributed by atoms with E-state index in [4.69, 9.17) is 0 Å². The lowest BCUT2D eigenvalue weighted by Gasteiger charge is -2.12. The summed E-state index contributed by atoms with van der Waals surface area (Å²) in [7, 11) is -3.66. The first kappa shape index (κ1) is 19.1. The number of hydrogen-bond donors (Lipinski definition) is 2. The van der Waals surface area contributed by atoms with E-state index in [0.717, 1.165) is 11.8 Å². The predicted octanol–water partition coefficient (Wildman–Crippen LogP) is 1.59. The van der Waals surface area contributed by atoms with Gasteiger partial charge in [0.2, 0.25) is 9.84 Å². The van der Waals surface area contributed by atoms with Crippen LogP contribution in [0.3, 0.4) is 0 Å². The second-order valence-electron chi connectivity index (χ2n) is 6.69. The molecule has 0 aliphatic rings. The Morgan fingerprint density at radius 2 is 1.93 bits per heavy atom. The summed E-state index contributed by atoms with van der Waals surface area (Å²) in [5.74, 6) is 0.880. The molecule has 10 heteroatoms. The number of H-pyrrole nitrogens is 1.